The largest absolute Gasteiger partial charge is 0.507 e. The zero-order valence-corrected chi connectivity index (χ0v) is 21.1. The van der Waals surface area contributed by atoms with Crippen LogP contribution in [0.15, 0.2) is 48.0 Å². The van der Waals surface area contributed by atoms with Gasteiger partial charge in [-0.05, 0) is 46.2 Å². The van der Waals surface area contributed by atoms with Gasteiger partial charge in [-0.15, -0.1) is 0 Å². The molecule has 1 atom stereocenters. The van der Waals surface area contributed by atoms with Gasteiger partial charge in [-0.3, -0.25) is 9.59 Å². The molecule has 0 radical (unpaired) electrons. The molecule has 0 spiro atoms. The molecule has 2 aromatic rings. The molecule has 6 heteroatoms. The molecule has 0 bridgehead atoms. The molecule has 34 heavy (non-hydrogen) atoms. The Kier molecular flexibility index (Phi) is 7.51. The van der Waals surface area contributed by atoms with Crippen LogP contribution in [0.4, 0.5) is 0 Å². The number of likely N-dealkylation sites (tertiary alicyclic amines) is 1. The molecular formula is C28H35NO5. The molecule has 1 aliphatic rings. The fourth-order valence-electron chi connectivity index (χ4n) is 4.30. The molecule has 3 rings (SSSR count). The maximum absolute atomic E-state index is 13.2. The Morgan fingerprint density at radius 3 is 2.24 bits per heavy atom. The van der Waals surface area contributed by atoms with E-state index in [-0.39, 0.29) is 35.8 Å². The Morgan fingerprint density at radius 2 is 1.71 bits per heavy atom. The SMILES string of the molecule is COCCN1C(=O)C(=O)/C(=C(\O)c2ccc(OC)c(C(C)C)c2)C1c1ccc(C(C)(C)C)cc1. The molecule has 1 amide bonds. The number of hydrogen-bond donors (Lipinski definition) is 1. The van der Waals surface area contributed by atoms with E-state index in [1.807, 2.05) is 44.2 Å². The predicted molar refractivity (Wildman–Crippen MR) is 133 cm³/mol. The Hall–Kier alpha value is -3.12. The zero-order valence-electron chi connectivity index (χ0n) is 21.1. The molecule has 2 aromatic carbocycles. The van der Waals surface area contributed by atoms with Gasteiger partial charge >= 0.3 is 0 Å². The standard InChI is InChI=1S/C28H35NO5/c1-17(2)21-16-19(10-13-22(21)34-7)25(30)23-24(29(14-15-33-6)27(32)26(23)31)18-8-11-20(12-9-18)28(3,4)5/h8-13,16-17,24,30H,14-15H2,1-7H3/b25-23-. The van der Waals surface area contributed by atoms with Crippen LogP contribution >= 0.6 is 0 Å². The first-order valence-electron chi connectivity index (χ1n) is 11.6. The lowest BCUT2D eigenvalue weighted by Crippen LogP contribution is -2.32. The van der Waals surface area contributed by atoms with Crippen molar-refractivity contribution in [3.8, 4) is 5.75 Å². The summed E-state index contributed by atoms with van der Waals surface area (Å²) in [6.45, 7) is 11.0. The number of nitrogens with zero attached hydrogens (tertiary/aromatic N) is 1. The van der Waals surface area contributed by atoms with E-state index in [0.29, 0.717) is 11.3 Å². The number of ether oxygens (including phenoxy) is 2. The van der Waals surface area contributed by atoms with Crippen molar-refractivity contribution in [1.29, 1.82) is 0 Å². The summed E-state index contributed by atoms with van der Waals surface area (Å²) in [6, 6.07) is 12.5. The Morgan fingerprint density at radius 1 is 1.06 bits per heavy atom. The summed E-state index contributed by atoms with van der Waals surface area (Å²) in [4.78, 5) is 27.7. The van der Waals surface area contributed by atoms with Crippen molar-refractivity contribution in [3.05, 3.63) is 70.3 Å². The predicted octanol–water partition coefficient (Wildman–Crippen LogP) is 5.18. The molecule has 0 saturated carbocycles. The van der Waals surface area contributed by atoms with Crippen molar-refractivity contribution < 1.29 is 24.2 Å². The summed E-state index contributed by atoms with van der Waals surface area (Å²) < 4.78 is 10.6. The highest BCUT2D eigenvalue weighted by Gasteiger charge is 2.46. The lowest BCUT2D eigenvalue weighted by Gasteiger charge is -2.26. The first kappa shape index (κ1) is 25.5. The topological polar surface area (TPSA) is 76.1 Å². The van der Waals surface area contributed by atoms with Crippen LogP contribution in [0.25, 0.3) is 5.76 Å². The smallest absolute Gasteiger partial charge is 0.295 e. The molecule has 1 fully saturated rings. The summed E-state index contributed by atoms with van der Waals surface area (Å²) in [7, 11) is 3.15. The number of aliphatic hydroxyl groups is 1. The van der Waals surface area contributed by atoms with Crippen LogP contribution < -0.4 is 4.74 Å². The number of Topliss-reactive ketones (excluding diaryl/α,β-unsaturated/α-hetero) is 1. The minimum atomic E-state index is -0.700. The summed E-state index contributed by atoms with van der Waals surface area (Å²) in [5, 5.41) is 11.3. The van der Waals surface area contributed by atoms with E-state index in [2.05, 4.69) is 20.8 Å². The second kappa shape index (κ2) is 10.0. The quantitative estimate of drug-likeness (QED) is 0.346. The van der Waals surface area contributed by atoms with Gasteiger partial charge in [0.15, 0.2) is 0 Å². The molecule has 1 saturated heterocycles. The van der Waals surface area contributed by atoms with Crippen LogP contribution in [-0.2, 0) is 19.7 Å². The molecule has 6 nitrogen and oxygen atoms in total. The minimum absolute atomic E-state index is 0.0350. The number of ketones is 1. The van der Waals surface area contributed by atoms with E-state index < -0.39 is 17.7 Å². The molecule has 1 N–H and O–H groups in total. The lowest BCUT2D eigenvalue weighted by atomic mass is 9.85. The van der Waals surface area contributed by atoms with Crippen molar-refractivity contribution in [1.82, 2.24) is 4.90 Å². The third-order valence-corrected chi connectivity index (χ3v) is 6.29. The second-order valence-corrected chi connectivity index (χ2v) is 9.97. The highest BCUT2D eigenvalue weighted by atomic mass is 16.5. The van der Waals surface area contributed by atoms with Crippen LogP contribution in [0, 0.1) is 0 Å². The number of amides is 1. The van der Waals surface area contributed by atoms with Crippen molar-refractivity contribution in [2.24, 2.45) is 0 Å². The molecule has 1 unspecified atom stereocenters. The summed E-state index contributed by atoms with van der Waals surface area (Å²) >= 11 is 0. The monoisotopic (exact) mass is 465 g/mol. The van der Waals surface area contributed by atoms with Gasteiger partial charge < -0.3 is 19.5 Å². The van der Waals surface area contributed by atoms with Gasteiger partial charge in [-0.25, -0.2) is 0 Å². The molecule has 0 aromatic heterocycles. The summed E-state index contributed by atoms with van der Waals surface area (Å²) in [6.07, 6.45) is 0. The number of methoxy groups -OCH3 is 2. The average Bonchev–Trinajstić information content (AvgIpc) is 3.06. The molecule has 0 aliphatic carbocycles. The third-order valence-electron chi connectivity index (χ3n) is 6.29. The molecule has 182 valence electrons. The average molecular weight is 466 g/mol. The van der Waals surface area contributed by atoms with Crippen LogP contribution in [-0.4, -0.2) is 49.1 Å². The summed E-state index contributed by atoms with van der Waals surface area (Å²) in [5.74, 6) is -0.664. The van der Waals surface area contributed by atoms with E-state index in [4.69, 9.17) is 9.47 Å². The number of carbonyl (C=O) groups excluding carboxylic acids is 2. The van der Waals surface area contributed by atoms with E-state index in [1.165, 1.54) is 4.90 Å². The fourth-order valence-corrected chi connectivity index (χ4v) is 4.30. The number of rotatable bonds is 7. The van der Waals surface area contributed by atoms with Gasteiger partial charge in [0, 0.05) is 19.2 Å². The van der Waals surface area contributed by atoms with Crippen LogP contribution in [0.3, 0.4) is 0 Å². The van der Waals surface area contributed by atoms with Crippen LogP contribution in [0.1, 0.15) is 68.8 Å². The molecule has 1 aliphatic heterocycles. The second-order valence-electron chi connectivity index (χ2n) is 9.97. The van der Waals surface area contributed by atoms with Gasteiger partial charge in [-0.1, -0.05) is 58.9 Å². The van der Waals surface area contributed by atoms with Gasteiger partial charge in [0.2, 0.25) is 0 Å². The Labute approximate surface area is 202 Å². The van der Waals surface area contributed by atoms with E-state index in [1.54, 1.807) is 26.4 Å². The normalized spacial score (nSPS) is 18.1. The van der Waals surface area contributed by atoms with Crippen LogP contribution in [0.5, 0.6) is 5.75 Å². The van der Waals surface area contributed by atoms with Crippen LogP contribution in [0.2, 0.25) is 0 Å². The maximum atomic E-state index is 13.2. The highest BCUT2D eigenvalue weighted by Crippen LogP contribution is 2.40. The van der Waals surface area contributed by atoms with Crippen molar-refractivity contribution in [2.75, 3.05) is 27.4 Å². The molecular weight excluding hydrogens is 430 g/mol. The van der Waals surface area contributed by atoms with Crippen molar-refractivity contribution in [2.45, 2.75) is 52.0 Å². The maximum Gasteiger partial charge on any atom is 0.295 e. The van der Waals surface area contributed by atoms with E-state index >= 15 is 0 Å². The Balaban J connectivity index is 2.18. The number of hydrogen-bond acceptors (Lipinski definition) is 5. The first-order chi connectivity index (χ1) is 16.0. The van der Waals surface area contributed by atoms with Gasteiger partial charge in [0.25, 0.3) is 11.7 Å². The highest BCUT2D eigenvalue weighted by molar-refractivity contribution is 6.46. The van der Waals surface area contributed by atoms with Gasteiger partial charge in [0.05, 0.1) is 25.3 Å². The number of aliphatic hydroxyl groups excluding tert-OH is 1. The number of benzene rings is 2. The fraction of sp³-hybridized carbons (Fsp3) is 0.429. The molecule has 1 heterocycles. The zero-order chi connectivity index (χ0) is 25.2. The minimum Gasteiger partial charge on any atom is -0.507 e. The van der Waals surface area contributed by atoms with E-state index in [0.717, 1.165) is 16.7 Å². The van der Waals surface area contributed by atoms with Crippen molar-refractivity contribution >= 4 is 17.4 Å². The van der Waals surface area contributed by atoms with Gasteiger partial charge in [-0.2, -0.15) is 0 Å². The van der Waals surface area contributed by atoms with Gasteiger partial charge in [0.1, 0.15) is 11.5 Å². The first-order valence-corrected chi connectivity index (χ1v) is 11.6. The Bertz CT molecular complexity index is 1090. The lowest BCUT2D eigenvalue weighted by molar-refractivity contribution is -0.140. The van der Waals surface area contributed by atoms with E-state index in [9.17, 15) is 14.7 Å². The third kappa shape index (κ3) is 4.87. The number of carbonyl (C=O) groups is 2. The van der Waals surface area contributed by atoms with Crippen molar-refractivity contribution in [3.63, 3.8) is 0 Å². The summed E-state index contributed by atoms with van der Waals surface area (Å²) in [5.41, 5.74) is 3.35.